The monoisotopic (exact) mass is 366 g/mol. The van der Waals surface area contributed by atoms with E-state index in [1.54, 1.807) is 24.3 Å². The number of halogens is 1. The molecule has 0 saturated heterocycles. The molecule has 2 rings (SSSR count). The number of methoxy groups -OCH3 is 1. The molecule has 1 atom stereocenters. The maximum absolute atomic E-state index is 13.7. The fraction of sp³-hybridized carbons (Fsp3) is 0.235. The Bertz CT molecular complexity index is 855. The van der Waals surface area contributed by atoms with Gasteiger partial charge in [0, 0.05) is 12.1 Å². The first-order valence-electron chi connectivity index (χ1n) is 7.51. The molecule has 8 heteroatoms. The average Bonchev–Trinajstić information content (AvgIpc) is 2.59. The minimum absolute atomic E-state index is 0.175. The highest BCUT2D eigenvalue weighted by Gasteiger charge is 2.24. The number of benzene rings is 2. The van der Waals surface area contributed by atoms with Crippen LogP contribution >= 0.6 is 0 Å². The first kappa shape index (κ1) is 18.9. The van der Waals surface area contributed by atoms with Gasteiger partial charge in [0.05, 0.1) is 13.2 Å². The minimum atomic E-state index is -4.14. The van der Waals surface area contributed by atoms with Gasteiger partial charge in [-0.3, -0.25) is 4.79 Å². The van der Waals surface area contributed by atoms with Crippen molar-refractivity contribution in [3.8, 4) is 5.75 Å². The van der Waals surface area contributed by atoms with Crippen LogP contribution in [0.15, 0.2) is 53.4 Å². The van der Waals surface area contributed by atoms with Gasteiger partial charge in [-0.2, -0.15) is 4.72 Å². The van der Waals surface area contributed by atoms with Crippen molar-refractivity contribution in [1.29, 1.82) is 0 Å². The predicted molar refractivity (Wildman–Crippen MR) is 91.0 cm³/mol. The van der Waals surface area contributed by atoms with Gasteiger partial charge in [-0.05, 0) is 25.1 Å². The van der Waals surface area contributed by atoms with Crippen molar-refractivity contribution >= 4 is 15.9 Å². The van der Waals surface area contributed by atoms with Gasteiger partial charge in [-0.25, -0.2) is 12.8 Å². The van der Waals surface area contributed by atoms with Gasteiger partial charge in [-0.1, -0.05) is 30.3 Å². The van der Waals surface area contributed by atoms with Gasteiger partial charge in [0.15, 0.2) is 0 Å². The molecular formula is C17H19FN2O4S. The van der Waals surface area contributed by atoms with Gasteiger partial charge < -0.3 is 10.1 Å². The van der Waals surface area contributed by atoms with E-state index in [0.29, 0.717) is 5.75 Å². The highest BCUT2D eigenvalue weighted by molar-refractivity contribution is 7.89. The summed E-state index contributed by atoms with van der Waals surface area (Å²) < 4.78 is 45.4. The summed E-state index contributed by atoms with van der Waals surface area (Å²) in [5, 5.41) is 2.62. The molecule has 0 aliphatic carbocycles. The first-order chi connectivity index (χ1) is 11.8. The third kappa shape index (κ3) is 4.77. The third-order valence-corrected chi connectivity index (χ3v) is 5.07. The van der Waals surface area contributed by atoms with Crippen molar-refractivity contribution < 1.29 is 22.3 Å². The number of hydrogen-bond acceptors (Lipinski definition) is 4. The Kier molecular flexibility index (Phi) is 6.11. The van der Waals surface area contributed by atoms with Crippen LogP contribution in [0, 0.1) is 5.82 Å². The van der Waals surface area contributed by atoms with E-state index in [9.17, 15) is 17.6 Å². The van der Waals surface area contributed by atoms with Crippen molar-refractivity contribution in [3.63, 3.8) is 0 Å². The molecule has 0 bridgehead atoms. The fourth-order valence-corrected chi connectivity index (χ4v) is 3.48. The predicted octanol–water partition coefficient (Wildman–Crippen LogP) is 1.82. The van der Waals surface area contributed by atoms with Crippen molar-refractivity contribution in [2.24, 2.45) is 0 Å². The van der Waals surface area contributed by atoms with E-state index in [4.69, 9.17) is 4.74 Å². The van der Waals surface area contributed by atoms with Gasteiger partial charge in [0.25, 0.3) is 0 Å². The third-order valence-electron chi connectivity index (χ3n) is 3.50. The molecule has 0 spiro atoms. The normalized spacial score (nSPS) is 12.4. The summed E-state index contributed by atoms with van der Waals surface area (Å²) in [5.74, 6) is -0.801. The summed E-state index contributed by atoms with van der Waals surface area (Å²) in [6.07, 6.45) is 0. The van der Waals surface area contributed by atoms with Crippen molar-refractivity contribution in [1.82, 2.24) is 10.0 Å². The average molecular weight is 366 g/mol. The number of carbonyl (C=O) groups excluding carboxylic acids is 1. The number of carbonyl (C=O) groups is 1. The highest BCUT2D eigenvalue weighted by Crippen LogP contribution is 2.17. The van der Waals surface area contributed by atoms with Crippen LogP contribution in [0.3, 0.4) is 0 Å². The lowest BCUT2D eigenvalue weighted by Crippen LogP contribution is -2.44. The number of rotatable bonds is 7. The molecule has 1 amide bonds. The number of ether oxygens (including phenoxy) is 1. The molecule has 134 valence electrons. The summed E-state index contributed by atoms with van der Waals surface area (Å²) >= 11 is 0. The van der Waals surface area contributed by atoms with Crippen LogP contribution < -0.4 is 14.8 Å². The van der Waals surface area contributed by atoms with E-state index >= 15 is 0 Å². The number of amides is 1. The minimum Gasteiger partial charge on any atom is -0.496 e. The lowest BCUT2D eigenvalue weighted by atomic mass is 10.2. The van der Waals surface area contributed by atoms with E-state index in [1.807, 2.05) is 0 Å². The zero-order valence-corrected chi connectivity index (χ0v) is 14.6. The second kappa shape index (κ2) is 8.09. The lowest BCUT2D eigenvalue weighted by molar-refractivity contribution is -0.122. The Balaban J connectivity index is 2.02. The quantitative estimate of drug-likeness (QED) is 0.783. The Morgan fingerprint density at radius 2 is 1.80 bits per heavy atom. The van der Waals surface area contributed by atoms with Crippen LogP contribution in [0.4, 0.5) is 4.39 Å². The summed E-state index contributed by atoms with van der Waals surface area (Å²) in [7, 11) is -2.62. The first-order valence-corrected chi connectivity index (χ1v) is 9.00. The SMILES string of the molecule is COc1ccccc1CNC(=O)[C@H](C)NS(=O)(=O)c1ccccc1F. The molecule has 2 aromatic carbocycles. The van der Waals surface area contributed by atoms with Crippen LogP contribution in [0.5, 0.6) is 5.75 Å². The maximum Gasteiger partial charge on any atom is 0.244 e. The number of sulfonamides is 1. The van der Waals surface area contributed by atoms with Gasteiger partial charge in [0.1, 0.15) is 16.5 Å². The Morgan fingerprint density at radius 1 is 1.16 bits per heavy atom. The molecule has 0 aromatic heterocycles. The number of nitrogens with one attached hydrogen (secondary N) is 2. The Labute approximate surface area is 146 Å². The van der Waals surface area contributed by atoms with Crippen molar-refractivity contribution in [3.05, 3.63) is 59.9 Å². The molecular weight excluding hydrogens is 347 g/mol. The van der Waals surface area contributed by atoms with Gasteiger partial charge in [0.2, 0.25) is 15.9 Å². The molecule has 0 heterocycles. The van der Waals surface area contributed by atoms with E-state index in [0.717, 1.165) is 17.7 Å². The fourth-order valence-electron chi connectivity index (χ4n) is 2.20. The summed E-state index contributed by atoms with van der Waals surface area (Å²) in [6, 6.07) is 11.0. The summed E-state index contributed by atoms with van der Waals surface area (Å²) in [6.45, 7) is 1.56. The highest BCUT2D eigenvalue weighted by atomic mass is 32.2. The zero-order chi connectivity index (χ0) is 18.4. The number of para-hydroxylation sites is 1. The Morgan fingerprint density at radius 3 is 2.48 bits per heavy atom. The maximum atomic E-state index is 13.7. The lowest BCUT2D eigenvalue weighted by Gasteiger charge is -2.15. The second-order valence-electron chi connectivity index (χ2n) is 5.30. The topological polar surface area (TPSA) is 84.5 Å². The van der Waals surface area contributed by atoms with Crippen LogP contribution in [0.25, 0.3) is 0 Å². The second-order valence-corrected chi connectivity index (χ2v) is 6.99. The van der Waals surface area contributed by atoms with E-state index < -0.39 is 32.7 Å². The van der Waals surface area contributed by atoms with Crippen molar-refractivity contribution in [2.75, 3.05) is 7.11 Å². The molecule has 0 fully saturated rings. The molecule has 0 saturated carbocycles. The van der Waals surface area contributed by atoms with Gasteiger partial charge in [-0.15, -0.1) is 0 Å². The molecule has 0 unspecified atom stereocenters. The standard InChI is InChI=1S/C17H19FN2O4S/c1-12(20-25(22,23)16-10-6-4-8-14(16)18)17(21)19-11-13-7-3-5-9-15(13)24-2/h3-10,12,20H,11H2,1-2H3,(H,19,21)/t12-/m0/s1. The molecule has 25 heavy (non-hydrogen) atoms. The summed E-state index contributed by atoms with van der Waals surface area (Å²) in [5.41, 5.74) is 0.752. The Hall–Kier alpha value is -2.45. The molecule has 2 N–H and O–H groups in total. The van der Waals surface area contributed by atoms with Crippen molar-refractivity contribution in [2.45, 2.75) is 24.4 Å². The number of hydrogen-bond donors (Lipinski definition) is 2. The largest absolute Gasteiger partial charge is 0.496 e. The van der Waals surface area contributed by atoms with Gasteiger partial charge >= 0.3 is 0 Å². The van der Waals surface area contributed by atoms with Crippen LogP contribution in [-0.2, 0) is 21.4 Å². The molecule has 0 radical (unpaired) electrons. The van der Waals surface area contributed by atoms with Crippen LogP contribution in [0.2, 0.25) is 0 Å². The van der Waals surface area contributed by atoms with E-state index in [-0.39, 0.29) is 6.54 Å². The summed E-state index contributed by atoms with van der Waals surface area (Å²) in [4.78, 5) is 11.6. The van der Waals surface area contributed by atoms with E-state index in [1.165, 1.54) is 26.2 Å². The zero-order valence-electron chi connectivity index (χ0n) is 13.8. The van der Waals surface area contributed by atoms with Crippen LogP contribution in [0.1, 0.15) is 12.5 Å². The van der Waals surface area contributed by atoms with E-state index in [2.05, 4.69) is 10.0 Å². The molecule has 2 aromatic rings. The molecule has 0 aliphatic heterocycles. The molecule has 6 nitrogen and oxygen atoms in total. The van der Waals surface area contributed by atoms with Crippen LogP contribution in [-0.4, -0.2) is 27.5 Å². The smallest absolute Gasteiger partial charge is 0.244 e. The molecule has 0 aliphatic rings.